The van der Waals surface area contributed by atoms with E-state index in [-0.39, 0.29) is 17.2 Å². The summed E-state index contributed by atoms with van der Waals surface area (Å²) >= 11 is 1.90. The van der Waals surface area contributed by atoms with Crippen molar-refractivity contribution in [2.75, 3.05) is 12.4 Å². The molecule has 0 radical (unpaired) electrons. The van der Waals surface area contributed by atoms with Crippen molar-refractivity contribution in [2.45, 2.75) is 12.6 Å². The Labute approximate surface area is 177 Å². The minimum Gasteiger partial charge on any atom is -0.504 e. The van der Waals surface area contributed by atoms with Gasteiger partial charge in [0, 0.05) is 5.69 Å². The number of benzene rings is 2. The number of anilines is 1. The number of phenols is 1. The third kappa shape index (κ3) is 6.62. The number of phenolic OH excluding ortho intramolecular Hbond substituents is 1. The van der Waals surface area contributed by atoms with E-state index in [1.807, 2.05) is 22.6 Å². The number of nitrogens with one attached hydrogen (secondary N) is 2. The first-order valence-electron chi connectivity index (χ1n) is 7.95. The lowest BCUT2D eigenvalue weighted by molar-refractivity contribution is -0.137. The van der Waals surface area contributed by atoms with Crippen LogP contribution in [0.15, 0.2) is 41.5 Å². The minimum atomic E-state index is -4.54. The van der Waals surface area contributed by atoms with Gasteiger partial charge in [0.05, 0.1) is 22.5 Å². The molecule has 0 aromatic heterocycles. The molecule has 0 aliphatic heterocycles. The molecular weight excluding hydrogens is 506 g/mol. The van der Waals surface area contributed by atoms with Crippen LogP contribution in [0.25, 0.3) is 0 Å². The lowest BCUT2D eigenvalue weighted by atomic mass is 10.2. The van der Waals surface area contributed by atoms with E-state index in [1.54, 1.807) is 6.07 Å². The SMILES string of the molecule is COc1cc(C=NNC(=O)CC(=O)Nc2cccc(C(F)(F)F)c2)cc(I)c1O. The van der Waals surface area contributed by atoms with Crippen LogP contribution in [0, 0.1) is 3.57 Å². The summed E-state index contributed by atoms with van der Waals surface area (Å²) in [6.07, 6.45) is -3.89. The van der Waals surface area contributed by atoms with Crippen LogP contribution in [0.3, 0.4) is 0 Å². The second kappa shape index (κ2) is 9.58. The van der Waals surface area contributed by atoms with E-state index < -0.39 is 30.0 Å². The van der Waals surface area contributed by atoms with E-state index >= 15 is 0 Å². The molecule has 154 valence electrons. The number of nitrogens with zero attached hydrogens (tertiary/aromatic N) is 1. The van der Waals surface area contributed by atoms with Gasteiger partial charge in [-0.15, -0.1) is 0 Å². The molecule has 29 heavy (non-hydrogen) atoms. The van der Waals surface area contributed by atoms with Crippen LogP contribution in [0.1, 0.15) is 17.5 Å². The van der Waals surface area contributed by atoms with Crippen molar-refractivity contribution in [3.05, 3.63) is 51.1 Å². The van der Waals surface area contributed by atoms with Crippen molar-refractivity contribution < 1.29 is 32.6 Å². The van der Waals surface area contributed by atoms with Gasteiger partial charge in [0.2, 0.25) is 11.8 Å². The lowest BCUT2D eigenvalue weighted by Crippen LogP contribution is -2.24. The van der Waals surface area contributed by atoms with Gasteiger partial charge >= 0.3 is 6.18 Å². The fourth-order valence-corrected chi connectivity index (χ4v) is 2.79. The van der Waals surface area contributed by atoms with Gasteiger partial charge in [-0.2, -0.15) is 18.3 Å². The maximum absolute atomic E-state index is 12.7. The molecule has 2 amide bonds. The minimum absolute atomic E-state index is 0.0273. The van der Waals surface area contributed by atoms with Crippen LogP contribution in [-0.2, 0) is 15.8 Å². The summed E-state index contributed by atoms with van der Waals surface area (Å²) in [5, 5.41) is 15.7. The zero-order valence-corrected chi connectivity index (χ0v) is 17.0. The predicted octanol–water partition coefficient (Wildman–Crippen LogP) is 3.50. The molecule has 0 aliphatic carbocycles. The molecule has 3 N–H and O–H groups in total. The first kappa shape index (κ1) is 22.5. The molecule has 0 fully saturated rings. The predicted molar refractivity (Wildman–Crippen MR) is 108 cm³/mol. The highest BCUT2D eigenvalue weighted by molar-refractivity contribution is 14.1. The molecule has 0 atom stereocenters. The van der Waals surface area contributed by atoms with Crippen molar-refractivity contribution in [1.82, 2.24) is 5.43 Å². The smallest absolute Gasteiger partial charge is 0.416 e. The van der Waals surface area contributed by atoms with Crippen LogP contribution in [0.2, 0.25) is 0 Å². The summed E-state index contributed by atoms with van der Waals surface area (Å²) in [5.41, 5.74) is 1.67. The van der Waals surface area contributed by atoms with Gasteiger partial charge in [0.25, 0.3) is 0 Å². The first-order valence-corrected chi connectivity index (χ1v) is 9.03. The number of ether oxygens (including phenoxy) is 1. The highest BCUT2D eigenvalue weighted by Crippen LogP contribution is 2.32. The van der Waals surface area contributed by atoms with Crippen LogP contribution in [0.4, 0.5) is 18.9 Å². The lowest BCUT2D eigenvalue weighted by Gasteiger charge is -2.09. The fourth-order valence-electron chi connectivity index (χ4n) is 2.17. The zero-order valence-electron chi connectivity index (χ0n) is 14.9. The molecule has 2 aromatic rings. The number of amides is 2. The summed E-state index contributed by atoms with van der Waals surface area (Å²) in [5.74, 6) is -1.35. The van der Waals surface area contributed by atoms with E-state index in [9.17, 15) is 27.9 Å². The van der Waals surface area contributed by atoms with Crippen LogP contribution < -0.4 is 15.5 Å². The highest BCUT2D eigenvalue weighted by Gasteiger charge is 2.30. The van der Waals surface area contributed by atoms with Crippen molar-refractivity contribution in [1.29, 1.82) is 0 Å². The van der Waals surface area contributed by atoms with E-state index in [2.05, 4.69) is 15.8 Å². The maximum Gasteiger partial charge on any atom is 0.416 e. The summed E-state index contributed by atoms with van der Waals surface area (Å²) in [6, 6.07) is 7.16. The van der Waals surface area contributed by atoms with Gasteiger partial charge in [-0.25, -0.2) is 5.43 Å². The topological polar surface area (TPSA) is 100 Å². The first-order chi connectivity index (χ1) is 13.6. The quantitative estimate of drug-likeness (QED) is 0.235. The summed E-state index contributed by atoms with van der Waals surface area (Å²) in [6.45, 7) is 0. The summed E-state index contributed by atoms with van der Waals surface area (Å²) in [4.78, 5) is 23.6. The van der Waals surface area contributed by atoms with E-state index in [0.717, 1.165) is 18.2 Å². The van der Waals surface area contributed by atoms with Crippen molar-refractivity contribution in [3.63, 3.8) is 0 Å². The molecule has 0 saturated heterocycles. The number of carbonyl (C=O) groups is 2. The number of hydrogen-bond acceptors (Lipinski definition) is 5. The van der Waals surface area contributed by atoms with Crippen molar-refractivity contribution in [3.8, 4) is 11.5 Å². The van der Waals surface area contributed by atoms with Gasteiger partial charge < -0.3 is 15.2 Å². The van der Waals surface area contributed by atoms with E-state index in [0.29, 0.717) is 9.13 Å². The Morgan fingerprint density at radius 2 is 1.97 bits per heavy atom. The van der Waals surface area contributed by atoms with Crippen LogP contribution >= 0.6 is 22.6 Å². The number of hydrogen-bond donors (Lipinski definition) is 3. The summed E-state index contributed by atoms with van der Waals surface area (Å²) < 4.78 is 43.5. The average molecular weight is 521 g/mol. The second-order valence-corrected chi connectivity index (χ2v) is 6.81. The number of hydrazone groups is 1. The molecule has 7 nitrogen and oxygen atoms in total. The molecule has 0 spiro atoms. The largest absolute Gasteiger partial charge is 0.504 e. The standard InChI is InChI=1S/C18H15F3IN3O4/c1-29-14-6-10(5-13(22)17(14)28)9-23-25-16(27)8-15(26)24-12-4-2-3-11(7-12)18(19,20)21/h2-7,9,28H,8H2,1H3,(H,24,26)(H,25,27). The Kier molecular flexibility index (Phi) is 7.42. The van der Waals surface area contributed by atoms with Crippen LogP contribution in [0.5, 0.6) is 11.5 Å². The number of carbonyl (C=O) groups excluding carboxylic acids is 2. The molecular formula is C18H15F3IN3O4. The van der Waals surface area contributed by atoms with Crippen LogP contribution in [-0.4, -0.2) is 30.2 Å². The number of halogens is 4. The zero-order chi connectivity index (χ0) is 21.6. The van der Waals surface area contributed by atoms with E-state index in [4.69, 9.17) is 4.74 Å². The van der Waals surface area contributed by atoms with Gasteiger partial charge in [0.1, 0.15) is 6.42 Å². The maximum atomic E-state index is 12.7. The second-order valence-electron chi connectivity index (χ2n) is 5.65. The number of methoxy groups -OCH3 is 1. The average Bonchev–Trinajstić information content (AvgIpc) is 2.63. The molecule has 0 bridgehead atoms. The van der Waals surface area contributed by atoms with Crippen molar-refractivity contribution >= 4 is 46.3 Å². The number of alkyl halides is 3. The van der Waals surface area contributed by atoms with Gasteiger partial charge in [0.15, 0.2) is 11.5 Å². The third-order valence-corrected chi connectivity index (χ3v) is 4.29. The highest BCUT2D eigenvalue weighted by atomic mass is 127. The Morgan fingerprint density at radius 1 is 1.24 bits per heavy atom. The van der Waals surface area contributed by atoms with Gasteiger partial charge in [-0.3, -0.25) is 9.59 Å². The molecule has 2 aromatic carbocycles. The molecule has 0 unspecified atom stereocenters. The van der Waals surface area contributed by atoms with E-state index in [1.165, 1.54) is 25.5 Å². The Balaban J connectivity index is 1.92. The molecule has 0 heterocycles. The Bertz CT molecular complexity index is 948. The number of rotatable bonds is 6. The number of aromatic hydroxyl groups is 1. The van der Waals surface area contributed by atoms with Gasteiger partial charge in [-0.1, -0.05) is 6.07 Å². The third-order valence-electron chi connectivity index (χ3n) is 3.47. The molecule has 0 saturated carbocycles. The Hall–Kier alpha value is -2.83. The normalized spacial score (nSPS) is 11.3. The molecule has 2 rings (SSSR count). The Morgan fingerprint density at radius 3 is 2.62 bits per heavy atom. The summed E-state index contributed by atoms with van der Waals surface area (Å²) in [7, 11) is 1.39. The van der Waals surface area contributed by atoms with Crippen molar-refractivity contribution in [2.24, 2.45) is 5.10 Å². The fraction of sp³-hybridized carbons (Fsp3) is 0.167. The molecule has 11 heteroatoms. The molecule has 0 aliphatic rings. The van der Waals surface area contributed by atoms with Gasteiger partial charge in [-0.05, 0) is 58.5 Å². The monoisotopic (exact) mass is 521 g/mol.